The molecule has 1 rings (SSSR count). The Morgan fingerprint density at radius 1 is 1.50 bits per heavy atom. The SMILES string of the molecule is CCOc1c(N)cccc1C(=O)NCCC(O)COC. The van der Waals surface area contributed by atoms with Crippen LogP contribution >= 0.6 is 0 Å². The summed E-state index contributed by atoms with van der Waals surface area (Å²) in [6.45, 7) is 2.86. The highest BCUT2D eigenvalue weighted by molar-refractivity contribution is 5.98. The van der Waals surface area contributed by atoms with Gasteiger partial charge in [-0.05, 0) is 25.5 Å². The third kappa shape index (κ3) is 4.71. The lowest BCUT2D eigenvalue weighted by atomic mass is 10.1. The molecule has 112 valence electrons. The van der Waals surface area contributed by atoms with Gasteiger partial charge in [-0.15, -0.1) is 0 Å². The first-order valence-corrected chi connectivity index (χ1v) is 6.56. The van der Waals surface area contributed by atoms with E-state index in [4.69, 9.17) is 15.2 Å². The zero-order valence-corrected chi connectivity index (χ0v) is 11.9. The quantitative estimate of drug-likeness (QED) is 0.613. The molecule has 0 aliphatic carbocycles. The van der Waals surface area contributed by atoms with Crippen LogP contribution in [0.15, 0.2) is 18.2 Å². The number of rotatable bonds is 8. The van der Waals surface area contributed by atoms with Crippen LogP contribution in [0.2, 0.25) is 0 Å². The first-order chi connectivity index (χ1) is 9.60. The molecule has 0 fully saturated rings. The minimum atomic E-state index is -0.590. The number of carbonyl (C=O) groups is 1. The van der Waals surface area contributed by atoms with Gasteiger partial charge in [0, 0.05) is 13.7 Å². The minimum Gasteiger partial charge on any atom is -0.491 e. The maximum Gasteiger partial charge on any atom is 0.255 e. The second-order valence-corrected chi connectivity index (χ2v) is 4.31. The number of nitrogens with two attached hydrogens (primary N) is 1. The molecule has 1 amide bonds. The van der Waals surface area contributed by atoms with E-state index in [9.17, 15) is 9.90 Å². The number of anilines is 1. The van der Waals surface area contributed by atoms with Crippen molar-refractivity contribution in [3.05, 3.63) is 23.8 Å². The predicted molar refractivity (Wildman–Crippen MR) is 76.9 cm³/mol. The number of aliphatic hydroxyl groups excluding tert-OH is 1. The summed E-state index contributed by atoms with van der Waals surface area (Å²) < 4.78 is 10.2. The van der Waals surface area contributed by atoms with Crippen molar-refractivity contribution in [2.45, 2.75) is 19.4 Å². The van der Waals surface area contributed by atoms with Crippen molar-refractivity contribution in [2.24, 2.45) is 0 Å². The first kappa shape index (κ1) is 16.3. The van der Waals surface area contributed by atoms with Crippen LogP contribution in [-0.2, 0) is 4.74 Å². The van der Waals surface area contributed by atoms with E-state index < -0.39 is 6.10 Å². The molecule has 1 unspecified atom stereocenters. The molecular formula is C14H22N2O4. The Morgan fingerprint density at radius 2 is 2.25 bits per heavy atom. The number of hydrogen-bond donors (Lipinski definition) is 3. The molecule has 6 heteroatoms. The molecule has 0 heterocycles. The van der Waals surface area contributed by atoms with Crippen molar-refractivity contribution in [3.63, 3.8) is 0 Å². The summed E-state index contributed by atoms with van der Waals surface area (Å²) in [5.41, 5.74) is 6.63. The molecule has 1 aromatic carbocycles. The number of nitrogen functional groups attached to an aromatic ring is 1. The molecule has 6 nitrogen and oxygen atoms in total. The maximum absolute atomic E-state index is 12.1. The molecule has 20 heavy (non-hydrogen) atoms. The number of carbonyl (C=O) groups excluding carboxylic acids is 1. The van der Waals surface area contributed by atoms with Gasteiger partial charge in [0.15, 0.2) is 5.75 Å². The molecule has 0 radical (unpaired) electrons. The Bertz CT molecular complexity index is 437. The lowest BCUT2D eigenvalue weighted by Crippen LogP contribution is -2.29. The smallest absolute Gasteiger partial charge is 0.255 e. The van der Waals surface area contributed by atoms with Gasteiger partial charge in [0.05, 0.1) is 30.6 Å². The molecule has 0 aromatic heterocycles. The van der Waals surface area contributed by atoms with Gasteiger partial charge in [-0.2, -0.15) is 0 Å². The number of hydrogen-bond acceptors (Lipinski definition) is 5. The molecule has 0 aliphatic heterocycles. The zero-order valence-electron chi connectivity index (χ0n) is 11.9. The van der Waals surface area contributed by atoms with Crippen molar-refractivity contribution in [1.82, 2.24) is 5.32 Å². The highest BCUT2D eigenvalue weighted by Crippen LogP contribution is 2.26. The average Bonchev–Trinajstić information content (AvgIpc) is 2.41. The van der Waals surface area contributed by atoms with E-state index in [0.29, 0.717) is 36.6 Å². The fraction of sp³-hybridized carbons (Fsp3) is 0.500. The van der Waals surface area contributed by atoms with Gasteiger partial charge in [-0.3, -0.25) is 4.79 Å². The predicted octanol–water partition coefficient (Wildman–Crippen LogP) is 0.795. The second-order valence-electron chi connectivity index (χ2n) is 4.31. The van der Waals surface area contributed by atoms with E-state index in [2.05, 4.69) is 5.32 Å². The highest BCUT2D eigenvalue weighted by atomic mass is 16.5. The molecule has 1 atom stereocenters. The number of aliphatic hydroxyl groups is 1. The minimum absolute atomic E-state index is 0.248. The van der Waals surface area contributed by atoms with Crippen molar-refractivity contribution in [1.29, 1.82) is 0 Å². The molecule has 0 spiro atoms. The van der Waals surface area contributed by atoms with Crippen LogP contribution in [0.3, 0.4) is 0 Å². The van der Waals surface area contributed by atoms with Gasteiger partial charge in [-0.1, -0.05) is 6.07 Å². The number of ether oxygens (including phenoxy) is 2. The Morgan fingerprint density at radius 3 is 2.90 bits per heavy atom. The van der Waals surface area contributed by atoms with Gasteiger partial charge >= 0.3 is 0 Å². The summed E-state index contributed by atoms with van der Waals surface area (Å²) in [6.07, 6.45) is -0.168. The third-order valence-corrected chi connectivity index (χ3v) is 2.70. The summed E-state index contributed by atoms with van der Waals surface area (Å²) >= 11 is 0. The Hall–Kier alpha value is -1.79. The molecule has 1 aromatic rings. The van der Waals surface area contributed by atoms with Crippen LogP contribution in [0.25, 0.3) is 0 Å². The van der Waals surface area contributed by atoms with E-state index in [0.717, 1.165) is 0 Å². The molecule has 4 N–H and O–H groups in total. The average molecular weight is 282 g/mol. The largest absolute Gasteiger partial charge is 0.491 e. The fourth-order valence-electron chi connectivity index (χ4n) is 1.76. The molecule has 0 bridgehead atoms. The number of amides is 1. The topological polar surface area (TPSA) is 93.8 Å². The van der Waals surface area contributed by atoms with Crippen molar-refractivity contribution in [3.8, 4) is 5.75 Å². The van der Waals surface area contributed by atoms with E-state index in [1.807, 2.05) is 6.92 Å². The highest BCUT2D eigenvalue weighted by Gasteiger charge is 2.15. The van der Waals surface area contributed by atoms with Crippen molar-refractivity contribution >= 4 is 11.6 Å². The summed E-state index contributed by atoms with van der Waals surface area (Å²) in [7, 11) is 1.52. The van der Waals surface area contributed by atoms with Crippen LogP contribution in [0, 0.1) is 0 Å². The number of benzene rings is 1. The number of methoxy groups -OCH3 is 1. The van der Waals surface area contributed by atoms with Crippen molar-refractivity contribution < 1.29 is 19.4 Å². The molecule has 0 saturated heterocycles. The molecule has 0 aliphatic rings. The van der Waals surface area contributed by atoms with Crippen LogP contribution in [-0.4, -0.2) is 44.0 Å². The van der Waals surface area contributed by atoms with Crippen LogP contribution in [0.5, 0.6) is 5.75 Å². The third-order valence-electron chi connectivity index (χ3n) is 2.70. The standard InChI is InChI=1S/C14H22N2O4/c1-3-20-13-11(5-4-6-12(13)15)14(18)16-8-7-10(17)9-19-2/h4-6,10,17H,3,7-9,15H2,1-2H3,(H,16,18). The Balaban J connectivity index is 2.61. The lowest BCUT2D eigenvalue weighted by molar-refractivity contribution is 0.0587. The van der Waals surface area contributed by atoms with Crippen LogP contribution in [0.4, 0.5) is 5.69 Å². The molecular weight excluding hydrogens is 260 g/mol. The monoisotopic (exact) mass is 282 g/mol. The Labute approximate surface area is 118 Å². The van der Waals surface area contributed by atoms with E-state index in [1.165, 1.54) is 7.11 Å². The van der Waals surface area contributed by atoms with Crippen LogP contribution in [0.1, 0.15) is 23.7 Å². The Kier molecular flexibility index (Phi) is 6.83. The summed E-state index contributed by atoms with van der Waals surface area (Å²) in [5.74, 6) is 0.121. The normalized spacial score (nSPS) is 11.9. The van der Waals surface area contributed by atoms with Crippen LogP contribution < -0.4 is 15.8 Å². The fourth-order valence-corrected chi connectivity index (χ4v) is 1.76. The van der Waals surface area contributed by atoms with E-state index in [1.54, 1.807) is 18.2 Å². The number of nitrogens with one attached hydrogen (secondary N) is 1. The zero-order chi connectivity index (χ0) is 15.0. The maximum atomic E-state index is 12.1. The first-order valence-electron chi connectivity index (χ1n) is 6.56. The van der Waals surface area contributed by atoms with Crippen molar-refractivity contribution in [2.75, 3.05) is 32.6 Å². The van der Waals surface area contributed by atoms with Gasteiger partial charge < -0.3 is 25.6 Å². The summed E-state index contributed by atoms with van der Waals surface area (Å²) in [5, 5.41) is 12.2. The second kappa shape index (κ2) is 8.39. The number of para-hydroxylation sites is 1. The molecule has 0 saturated carbocycles. The van der Waals surface area contributed by atoms with Gasteiger partial charge in [0.2, 0.25) is 0 Å². The van der Waals surface area contributed by atoms with Gasteiger partial charge in [0.1, 0.15) is 0 Å². The van der Waals surface area contributed by atoms with E-state index in [-0.39, 0.29) is 12.5 Å². The van der Waals surface area contributed by atoms with Gasteiger partial charge in [0.25, 0.3) is 5.91 Å². The summed E-state index contributed by atoms with van der Waals surface area (Å²) in [6, 6.07) is 5.04. The van der Waals surface area contributed by atoms with Gasteiger partial charge in [-0.25, -0.2) is 0 Å². The lowest BCUT2D eigenvalue weighted by Gasteiger charge is -2.13. The summed E-state index contributed by atoms with van der Waals surface area (Å²) in [4.78, 5) is 12.1. The van der Waals surface area contributed by atoms with E-state index >= 15 is 0 Å².